The van der Waals surface area contributed by atoms with Crippen molar-refractivity contribution in [3.63, 3.8) is 0 Å². The van der Waals surface area contributed by atoms with Crippen LogP contribution in [0.15, 0.2) is 42.7 Å². The van der Waals surface area contributed by atoms with E-state index in [1.54, 1.807) is 36.9 Å². The Kier molecular flexibility index (Phi) is 6.28. The van der Waals surface area contributed by atoms with Crippen LogP contribution in [0.4, 0.5) is 5.69 Å². The van der Waals surface area contributed by atoms with Crippen LogP contribution < -0.4 is 16.4 Å². The van der Waals surface area contributed by atoms with E-state index in [2.05, 4.69) is 15.7 Å². The summed E-state index contributed by atoms with van der Waals surface area (Å²) in [6.07, 6.45) is 4.88. The van der Waals surface area contributed by atoms with E-state index in [0.717, 1.165) is 18.7 Å². The minimum atomic E-state index is -0.756. The quantitative estimate of drug-likeness (QED) is 0.723. The van der Waals surface area contributed by atoms with Crippen LogP contribution in [0.3, 0.4) is 0 Å². The molecule has 1 aromatic carbocycles. The summed E-state index contributed by atoms with van der Waals surface area (Å²) in [5.74, 6) is -0.466. The highest BCUT2D eigenvalue weighted by molar-refractivity contribution is 5.97. The van der Waals surface area contributed by atoms with Crippen LogP contribution >= 0.6 is 12.4 Å². The fourth-order valence-corrected chi connectivity index (χ4v) is 3.28. The van der Waals surface area contributed by atoms with E-state index < -0.39 is 11.0 Å². The molecule has 1 aliphatic rings. The first kappa shape index (κ1) is 20.9. The number of piperidine rings is 1. The van der Waals surface area contributed by atoms with E-state index in [1.807, 2.05) is 24.4 Å². The second-order valence-electron chi connectivity index (χ2n) is 7.25. The van der Waals surface area contributed by atoms with Crippen LogP contribution in [-0.4, -0.2) is 34.7 Å². The maximum absolute atomic E-state index is 13.1. The number of benzene rings is 1. The molecule has 2 amide bonds. The average molecular weight is 392 g/mol. The number of anilines is 1. The molecular weight excluding hydrogens is 366 g/mol. The number of carbonyl (C=O) groups is 2. The maximum atomic E-state index is 13.1. The van der Waals surface area contributed by atoms with Crippen LogP contribution in [0, 0.1) is 0 Å². The smallest absolute Gasteiger partial charge is 0.252 e. The molecule has 2 aromatic rings. The van der Waals surface area contributed by atoms with Gasteiger partial charge in [-0.25, -0.2) is 0 Å². The van der Waals surface area contributed by atoms with Gasteiger partial charge in [-0.05, 0) is 63.5 Å². The molecule has 1 fully saturated rings. The molecule has 4 N–H and O–H groups in total. The van der Waals surface area contributed by atoms with Gasteiger partial charge in [0.1, 0.15) is 5.54 Å². The summed E-state index contributed by atoms with van der Waals surface area (Å²) < 4.78 is 1.76. The summed E-state index contributed by atoms with van der Waals surface area (Å²) in [5.41, 5.74) is 5.51. The average Bonchev–Trinajstić information content (AvgIpc) is 3.18. The molecule has 1 aliphatic heterocycles. The standard InChI is InChI=1S/C19H25N5O2.ClH/c1-18(2,16(20)25)14-4-6-15(7-5-14)23-17(26)19(8-11-21-12-9-19)24-13-3-10-22-24;/h3-7,10,13,21H,8-9,11-12H2,1-2H3,(H2,20,25)(H,23,26);1H. The van der Waals surface area contributed by atoms with Gasteiger partial charge in [-0.3, -0.25) is 14.3 Å². The number of aromatic nitrogens is 2. The molecule has 0 saturated carbocycles. The third-order valence-electron chi connectivity index (χ3n) is 5.28. The number of hydrogen-bond acceptors (Lipinski definition) is 4. The Morgan fingerprint density at radius 2 is 1.85 bits per heavy atom. The maximum Gasteiger partial charge on any atom is 0.252 e. The Labute approximate surface area is 165 Å². The Balaban J connectivity index is 0.00000261. The third-order valence-corrected chi connectivity index (χ3v) is 5.28. The number of primary amides is 1. The molecule has 27 heavy (non-hydrogen) atoms. The zero-order chi connectivity index (χ0) is 18.8. The van der Waals surface area contributed by atoms with E-state index in [-0.39, 0.29) is 24.2 Å². The van der Waals surface area contributed by atoms with Gasteiger partial charge in [0.25, 0.3) is 5.91 Å². The Morgan fingerprint density at radius 3 is 2.37 bits per heavy atom. The molecule has 1 saturated heterocycles. The van der Waals surface area contributed by atoms with Crippen molar-refractivity contribution in [2.24, 2.45) is 5.73 Å². The molecule has 0 aliphatic carbocycles. The van der Waals surface area contributed by atoms with Crippen LogP contribution in [0.1, 0.15) is 32.3 Å². The van der Waals surface area contributed by atoms with E-state index in [4.69, 9.17) is 5.73 Å². The molecular formula is C19H26ClN5O2. The molecule has 3 rings (SSSR count). The topological polar surface area (TPSA) is 102 Å². The highest BCUT2D eigenvalue weighted by atomic mass is 35.5. The van der Waals surface area contributed by atoms with Crippen molar-refractivity contribution in [2.45, 2.75) is 37.6 Å². The number of nitrogens with zero attached hydrogens (tertiary/aromatic N) is 2. The summed E-state index contributed by atoms with van der Waals surface area (Å²) >= 11 is 0. The highest BCUT2D eigenvalue weighted by Gasteiger charge is 2.42. The SMILES string of the molecule is CC(C)(C(N)=O)c1ccc(NC(=O)C2(n3cccn3)CCNCC2)cc1.Cl. The lowest BCUT2D eigenvalue weighted by Gasteiger charge is -2.36. The molecule has 0 spiro atoms. The van der Waals surface area contributed by atoms with Gasteiger partial charge in [0.15, 0.2) is 0 Å². The minimum Gasteiger partial charge on any atom is -0.369 e. The van der Waals surface area contributed by atoms with Gasteiger partial charge >= 0.3 is 0 Å². The van der Waals surface area contributed by atoms with Crippen molar-refractivity contribution in [2.75, 3.05) is 18.4 Å². The molecule has 8 heteroatoms. The lowest BCUT2D eigenvalue weighted by atomic mass is 9.84. The predicted octanol–water partition coefficient (Wildman–Crippen LogP) is 1.79. The van der Waals surface area contributed by atoms with E-state index in [1.165, 1.54) is 0 Å². The van der Waals surface area contributed by atoms with Gasteiger partial charge in [0.05, 0.1) is 5.41 Å². The number of hydrogen-bond donors (Lipinski definition) is 3. The first-order chi connectivity index (χ1) is 12.4. The Bertz CT molecular complexity index is 781. The van der Waals surface area contributed by atoms with Crippen molar-refractivity contribution in [1.82, 2.24) is 15.1 Å². The van der Waals surface area contributed by atoms with E-state index >= 15 is 0 Å². The summed E-state index contributed by atoms with van der Waals surface area (Å²) in [4.78, 5) is 24.7. The lowest BCUT2D eigenvalue weighted by molar-refractivity contribution is -0.126. The van der Waals surface area contributed by atoms with Crippen LogP contribution in [-0.2, 0) is 20.5 Å². The molecule has 146 valence electrons. The molecule has 0 bridgehead atoms. The number of nitrogens with two attached hydrogens (primary N) is 1. The summed E-state index contributed by atoms with van der Waals surface area (Å²) in [5, 5.41) is 10.6. The monoisotopic (exact) mass is 391 g/mol. The minimum absolute atomic E-state index is 0. The fourth-order valence-electron chi connectivity index (χ4n) is 3.28. The fraction of sp³-hybridized carbons (Fsp3) is 0.421. The van der Waals surface area contributed by atoms with Crippen LogP contribution in [0.2, 0.25) is 0 Å². The van der Waals surface area contributed by atoms with Gasteiger partial charge in [0, 0.05) is 18.1 Å². The summed E-state index contributed by atoms with van der Waals surface area (Å²) in [6.45, 7) is 5.09. The molecule has 2 heterocycles. The Hall–Kier alpha value is -2.38. The molecule has 1 aromatic heterocycles. The van der Waals surface area contributed by atoms with Crippen molar-refractivity contribution in [1.29, 1.82) is 0 Å². The highest BCUT2D eigenvalue weighted by Crippen LogP contribution is 2.29. The number of nitrogens with one attached hydrogen (secondary N) is 2. The first-order valence-electron chi connectivity index (χ1n) is 8.79. The van der Waals surface area contributed by atoms with Crippen molar-refractivity contribution in [3.8, 4) is 0 Å². The molecule has 0 atom stereocenters. The first-order valence-corrected chi connectivity index (χ1v) is 8.79. The lowest BCUT2D eigenvalue weighted by Crippen LogP contribution is -2.52. The van der Waals surface area contributed by atoms with Gasteiger partial charge in [-0.1, -0.05) is 12.1 Å². The summed E-state index contributed by atoms with van der Waals surface area (Å²) in [6, 6.07) is 9.08. The van der Waals surface area contributed by atoms with Gasteiger partial charge in [0.2, 0.25) is 5.91 Å². The third kappa shape index (κ3) is 3.99. The van der Waals surface area contributed by atoms with Gasteiger partial charge < -0.3 is 16.4 Å². The number of carbonyl (C=O) groups excluding carboxylic acids is 2. The van der Waals surface area contributed by atoms with E-state index in [0.29, 0.717) is 18.5 Å². The number of halogens is 1. The Morgan fingerprint density at radius 1 is 1.22 bits per heavy atom. The van der Waals surface area contributed by atoms with Crippen molar-refractivity contribution < 1.29 is 9.59 Å². The normalized spacial score (nSPS) is 16.2. The molecule has 7 nitrogen and oxygen atoms in total. The van der Waals surface area contributed by atoms with Crippen LogP contribution in [0.5, 0.6) is 0 Å². The second kappa shape index (κ2) is 8.10. The van der Waals surface area contributed by atoms with Gasteiger partial charge in [-0.2, -0.15) is 5.10 Å². The molecule has 0 unspecified atom stereocenters. The number of rotatable bonds is 5. The molecule has 0 radical (unpaired) electrons. The second-order valence-corrected chi connectivity index (χ2v) is 7.25. The largest absolute Gasteiger partial charge is 0.369 e. The van der Waals surface area contributed by atoms with Crippen molar-refractivity contribution in [3.05, 3.63) is 48.3 Å². The summed E-state index contributed by atoms with van der Waals surface area (Å²) in [7, 11) is 0. The zero-order valence-corrected chi connectivity index (χ0v) is 16.4. The van der Waals surface area contributed by atoms with Crippen LogP contribution in [0.25, 0.3) is 0 Å². The van der Waals surface area contributed by atoms with Gasteiger partial charge in [-0.15, -0.1) is 12.4 Å². The van der Waals surface area contributed by atoms with E-state index in [9.17, 15) is 9.59 Å². The zero-order valence-electron chi connectivity index (χ0n) is 15.6. The number of amides is 2. The van der Waals surface area contributed by atoms with Crippen molar-refractivity contribution >= 4 is 29.9 Å². The predicted molar refractivity (Wildman–Crippen MR) is 107 cm³/mol.